The van der Waals surface area contributed by atoms with Crippen molar-refractivity contribution in [3.05, 3.63) is 45.7 Å². The molecule has 0 aromatic carbocycles. The number of hydrogen-bond donors (Lipinski definition) is 2. The summed E-state index contributed by atoms with van der Waals surface area (Å²) in [7, 11) is 0. The first-order valence-corrected chi connectivity index (χ1v) is 10.2. The summed E-state index contributed by atoms with van der Waals surface area (Å²) in [6.45, 7) is 3.46. The summed E-state index contributed by atoms with van der Waals surface area (Å²) in [5, 5.41) is 15.2. The van der Waals surface area contributed by atoms with Gasteiger partial charge in [0.15, 0.2) is 5.13 Å². The monoisotopic (exact) mass is 415 g/mol. The number of anilines is 2. The van der Waals surface area contributed by atoms with E-state index in [9.17, 15) is 9.59 Å². The van der Waals surface area contributed by atoms with Crippen LogP contribution in [0.2, 0.25) is 0 Å². The SMILES string of the molecule is Cc1nnc(NC(=O)CN2CCc3nc(NC(=O)c4ccccn4)sc3C2)s1. The molecular weight excluding hydrogens is 398 g/mol. The number of thiazole rings is 1. The number of fused-ring (bicyclic) bond motifs is 1. The van der Waals surface area contributed by atoms with Crippen LogP contribution >= 0.6 is 22.7 Å². The van der Waals surface area contributed by atoms with E-state index >= 15 is 0 Å². The topological polar surface area (TPSA) is 113 Å². The van der Waals surface area contributed by atoms with Gasteiger partial charge in [-0.25, -0.2) is 4.98 Å². The molecule has 3 aromatic rings. The molecule has 3 aromatic heterocycles. The molecule has 0 saturated heterocycles. The Balaban J connectivity index is 1.35. The molecule has 4 heterocycles. The van der Waals surface area contributed by atoms with Crippen molar-refractivity contribution in [2.24, 2.45) is 0 Å². The van der Waals surface area contributed by atoms with E-state index in [1.807, 2.05) is 11.8 Å². The lowest BCUT2D eigenvalue weighted by Gasteiger charge is -2.24. The highest BCUT2D eigenvalue weighted by Gasteiger charge is 2.23. The number of nitrogens with zero attached hydrogens (tertiary/aromatic N) is 5. The fourth-order valence-corrected chi connectivity index (χ4v) is 4.46. The Kier molecular flexibility index (Phi) is 5.37. The van der Waals surface area contributed by atoms with Crippen LogP contribution in [0.1, 0.15) is 26.1 Å². The van der Waals surface area contributed by atoms with Crippen LogP contribution in [0.15, 0.2) is 24.4 Å². The number of hydrogen-bond acceptors (Lipinski definition) is 9. The zero-order valence-corrected chi connectivity index (χ0v) is 16.6. The molecule has 2 amide bonds. The van der Waals surface area contributed by atoms with Crippen molar-refractivity contribution < 1.29 is 9.59 Å². The van der Waals surface area contributed by atoms with Crippen molar-refractivity contribution in [3.8, 4) is 0 Å². The van der Waals surface area contributed by atoms with Gasteiger partial charge in [-0.3, -0.25) is 30.1 Å². The van der Waals surface area contributed by atoms with Crippen LogP contribution in [0.3, 0.4) is 0 Å². The zero-order valence-electron chi connectivity index (χ0n) is 15.0. The summed E-state index contributed by atoms with van der Waals surface area (Å²) >= 11 is 2.78. The summed E-state index contributed by atoms with van der Waals surface area (Å²) in [4.78, 5) is 36.1. The molecule has 2 N–H and O–H groups in total. The Morgan fingerprint density at radius 3 is 2.82 bits per heavy atom. The molecule has 0 atom stereocenters. The van der Waals surface area contributed by atoms with Gasteiger partial charge in [-0.05, 0) is 19.1 Å². The molecule has 1 aliphatic rings. The molecule has 144 valence electrons. The lowest BCUT2D eigenvalue weighted by Crippen LogP contribution is -2.36. The molecule has 0 saturated carbocycles. The maximum absolute atomic E-state index is 12.2. The van der Waals surface area contributed by atoms with E-state index in [0.29, 0.717) is 22.5 Å². The number of amides is 2. The number of nitrogens with one attached hydrogen (secondary N) is 2. The summed E-state index contributed by atoms with van der Waals surface area (Å²) < 4.78 is 0. The molecule has 0 fully saturated rings. The highest BCUT2D eigenvalue weighted by Crippen LogP contribution is 2.28. The molecule has 11 heteroatoms. The molecule has 4 rings (SSSR count). The van der Waals surface area contributed by atoms with Crippen molar-refractivity contribution >= 4 is 44.8 Å². The average molecular weight is 416 g/mol. The quantitative estimate of drug-likeness (QED) is 0.655. The number of carbonyl (C=O) groups excluding carboxylic acids is 2. The zero-order chi connectivity index (χ0) is 19.5. The number of carbonyl (C=O) groups is 2. The standard InChI is InChI=1S/C17H17N7O2S2/c1-10-22-23-17(27-10)20-14(25)9-24-7-5-11-13(8-24)28-16(19-11)21-15(26)12-4-2-3-6-18-12/h2-4,6H,5,7-9H2,1H3,(H,19,21,26)(H,20,23,25). The van der Waals surface area contributed by atoms with Crippen LogP contribution in [0, 0.1) is 6.92 Å². The third kappa shape index (κ3) is 4.38. The van der Waals surface area contributed by atoms with Gasteiger partial charge in [0.05, 0.1) is 12.2 Å². The molecule has 0 spiro atoms. The summed E-state index contributed by atoms with van der Waals surface area (Å²) in [6, 6.07) is 5.18. The molecular formula is C17H17N7O2S2. The van der Waals surface area contributed by atoms with Crippen LogP contribution in [-0.2, 0) is 17.8 Å². The van der Waals surface area contributed by atoms with E-state index in [-0.39, 0.29) is 18.4 Å². The molecule has 28 heavy (non-hydrogen) atoms. The average Bonchev–Trinajstić information content (AvgIpc) is 3.27. The van der Waals surface area contributed by atoms with E-state index in [4.69, 9.17) is 0 Å². The minimum atomic E-state index is -0.282. The number of pyridine rings is 1. The van der Waals surface area contributed by atoms with E-state index in [0.717, 1.165) is 28.5 Å². The second-order valence-electron chi connectivity index (χ2n) is 6.19. The maximum atomic E-state index is 12.2. The van der Waals surface area contributed by atoms with E-state index < -0.39 is 0 Å². The molecule has 9 nitrogen and oxygen atoms in total. The number of rotatable bonds is 5. The van der Waals surface area contributed by atoms with Gasteiger partial charge in [-0.15, -0.1) is 21.5 Å². The summed E-state index contributed by atoms with van der Waals surface area (Å²) in [6.07, 6.45) is 2.31. The van der Waals surface area contributed by atoms with Crippen LogP contribution in [0.5, 0.6) is 0 Å². The number of aromatic nitrogens is 4. The molecule has 0 bridgehead atoms. The van der Waals surface area contributed by atoms with Crippen molar-refractivity contribution in [2.45, 2.75) is 19.9 Å². The van der Waals surface area contributed by atoms with Gasteiger partial charge in [-0.1, -0.05) is 17.4 Å². The van der Waals surface area contributed by atoms with Crippen molar-refractivity contribution in [3.63, 3.8) is 0 Å². The van der Waals surface area contributed by atoms with Crippen LogP contribution in [0.4, 0.5) is 10.3 Å². The molecule has 0 unspecified atom stereocenters. The Bertz CT molecular complexity index is 1000. The second-order valence-corrected chi connectivity index (χ2v) is 8.46. The molecule has 1 aliphatic heterocycles. The minimum Gasteiger partial charge on any atom is -0.299 e. The maximum Gasteiger partial charge on any atom is 0.276 e. The lowest BCUT2D eigenvalue weighted by molar-refractivity contribution is -0.117. The van der Waals surface area contributed by atoms with Crippen molar-refractivity contribution in [1.82, 2.24) is 25.1 Å². The fraction of sp³-hybridized carbons (Fsp3) is 0.294. The fourth-order valence-electron chi connectivity index (χ4n) is 2.80. The summed E-state index contributed by atoms with van der Waals surface area (Å²) in [5.41, 5.74) is 1.32. The highest BCUT2D eigenvalue weighted by atomic mass is 32.1. The first-order chi connectivity index (χ1) is 13.6. The van der Waals surface area contributed by atoms with Gasteiger partial charge in [0.25, 0.3) is 5.91 Å². The predicted octanol–water partition coefficient (Wildman–Crippen LogP) is 1.95. The largest absolute Gasteiger partial charge is 0.299 e. The van der Waals surface area contributed by atoms with Gasteiger partial charge in [0.2, 0.25) is 11.0 Å². The molecule has 0 aliphatic carbocycles. The first-order valence-electron chi connectivity index (χ1n) is 8.60. The normalized spacial score (nSPS) is 13.8. The Morgan fingerprint density at radius 1 is 1.18 bits per heavy atom. The van der Waals surface area contributed by atoms with Crippen molar-refractivity contribution in [2.75, 3.05) is 23.7 Å². The van der Waals surface area contributed by atoms with Gasteiger partial charge in [0, 0.05) is 30.6 Å². The van der Waals surface area contributed by atoms with Gasteiger partial charge >= 0.3 is 0 Å². The molecule has 0 radical (unpaired) electrons. The van der Waals surface area contributed by atoms with Crippen LogP contribution < -0.4 is 10.6 Å². The first kappa shape index (κ1) is 18.6. The summed E-state index contributed by atoms with van der Waals surface area (Å²) in [5.74, 6) is -0.400. The lowest BCUT2D eigenvalue weighted by atomic mass is 10.2. The Labute approximate surface area is 168 Å². The van der Waals surface area contributed by atoms with E-state index in [2.05, 4.69) is 30.8 Å². The van der Waals surface area contributed by atoms with Crippen molar-refractivity contribution in [1.29, 1.82) is 0 Å². The van der Waals surface area contributed by atoms with Gasteiger partial charge in [-0.2, -0.15) is 0 Å². The number of aryl methyl sites for hydroxylation is 1. The van der Waals surface area contributed by atoms with Crippen LogP contribution in [0.25, 0.3) is 0 Å². The highest BCUT2D eigenvalue weighted by molar-refractivity contribution is 7.16. The Hall–Kier alpha value is -2.76. The Morgan fingerprint density at radius 2 is 2.07 bits per heavy atom. The smallest absolute Gasteiger partial charge is 0.276 e. The third-order valence-corrected chi connectivity index (χ3v) is 5.82. The van der Waals surface area contributed by atoms with E-state index in [1.165, 1.54) is 22.7 Å². The second kappa shape index (κ2) is 8.09. The van der Waals surface area contributed by atoms with E-state index in [1.54, 1.807) is 24.4 Å². The van der Waals surface area contributed by atoms with Gasteiger partial charge < -0.3 is 0 Å². The minimum absolute atomic E-state index is 0.118. The third-order valence-electron chi connectivity index (χ3n) is 4.07. The van der Waals surface area contributed by atoms with Crippen LogP contribution in [-0.4, -0.2) is 50.0 Å². The van der Waals surface area contributed by atoms with Gasteiger partial charge in [0.1, 0.15) is 10.7 Å². The predicted molar refractivity (Wildman–Crippen MR) is 107 cm³/mol.